The zero-order valence-electron chi connectivity index (χ0n) is 11.1. The normalized spacial score (nSPS) is 23.2. The molecule has 1 aliphatic carbocycles. The summed E-state index contributed by atoms with van der Waals surface area (Å²) in [6.07, 6.45) is 3.93. The molecule has 2 N–H and O–H groups in total. The van der Waals surface area contributed by atoms with E-state index < -0.39 is 11.9 Å². The van der Waals surface area contributed by atoms with Gasteiger partial charge in [0.15, 0.2) is 0 Å². The van der Waals surface area contributed by atoms with Crippen LogP contribution < -0.4 is 5.32 Å². The number of ether oxygens (including phenoxy) is 1. The Bertz CT molecular complexity index is 331. The van der Waals surface area contributed by atoms with E-state index in [4.69, 9.17) is 9.84 Å². The van der Waals surface area contributed by atoms with Crippen LogP contribution >= 0.6 is 0 Å². The highest BCUT2D eigenvalue weighted by molar-refractivity contribution is 5.76. The van der Waals surface area contributed by atoms with Crippen LogP contribution in [-0.2, 0) is 9.53 Å². The van der Waals surface area contributed by atoms with Gasteiger partial charge in [-0.2, -0.15) is 0 Å². The zero-order valence-corrected chi connectivity index (χ0v) is 11.1. The lowest BCUT2D eigenvalue weighted by atomic mass is 9.99. The maximum atomic E-state index is 11.8. The molecule has 19 heavy (non-hydrogen) atoms. The van der Waals surface area contributed by atoms with E-state index in [0.717, 1.165) is 18.9 Å². The molecule has 1 aliphatic heterocycles. The quantitative estimate of drug-likeness (QED) is 0.703. The summed E-state index contributed by atoms with van der Waals surface area (Å²) in [5.74, 6) is -0.509. The highest BCUT2D eigenvalue weighted by Gasteiger charge is 2.27. The molecule has 6 nitrogen and oxygen atoms in total. The molecular weight excluding hydrogens is 248 g/mol. The second kappa shape index (κ2) is 6.75. The Kier molecular flexibility index (Phi) is 5.01. The summed E-state index contributed by atoms with van der Waals surface area (Å²) in [4.78, 5) is 24.3. The number of aliphatic carboxylic acids is 1. The number of carbonyl (C=O) groups is 2. The molecule has 0 bridgehead atoms. The predicted molar refractivity (Wildman–Crippen MR) is 68.9 cm³/mol. The lowest BCUT2D eigenvalue weighted by Gasteiger charge is -2.30. The highest BCUT2D eigenvalue weighted by atomic mass is 16.5. The van der Waals surface area contributed by atoms with Crippen molar-refractivity contribution >= 4 is 12.0 Å². The first-order chi connectivity index (χ1) is 9.16. The molecule has 0 aromatic carbocycles. The van der Waals surface area contributed by atoms with Gasteiger partial charge in [-0.25, -0.2) is 4.79 Å². The van der Waals surface area contributed by atoms with Crippen molar-refractivity contribution in [2.24, 2.45) is 11.8 Å². The Hall–Kier alpha value is -1.30. The molecule has 2 fully saturated rings. The topological polar surface area (TPSA) is 78.9 Å². The largest absolute Gasteiger partial charge is 0.481 e. The van der Waals surface area contributed by atoms with Crippen molar-refractivity contribution in [3.63, 3.8) is 0 Å². The van der Waals surface area contributed by atoms with Crippen LogP contribution in [-0.4, -0.2) is 54.9 Å². The van der Waals surface area contributed by atoms with Crippen LogP contribution in [0.2, 0.25) is 0 Å². The number of carboxylic acids is 1. The van der Waals surface area contributed by atoms with Crippen LogP contribution in [0, 0.1) is 11.8 Å². The fourth-order valence-corrected chi connectivity index (χ4v) is 2.24. The third-order valence-corrected chi connectivity index (χ3v) is 3.63. The van der Waals surface area contributed by atoms with Gasteiger partial charge in [0.05, 0.1) is 12.5 Å². The zero-order chi connectivity index (χ0) is 13.7. The summed E-state index contributed by atoms with van der Waals surface area (Å²) in [6.45, 7) is 2.75. The number of nitrogens with zero attached hydrogens (tertiary/aromatic N) is 1. The minimum atomic E-state index is -0.815. The van der Waals surface area contributed by atoms with E-state index in [1.165, 1.54) is 12.8 Å². The first-order valence-electron chi connectivity index (χ1n) is 7.00. The van der Waals surface area contributed by atoms with Gasteiger partial charge in [0.25, 0.3) is 0 Å². The maximum absolute atomic E-state index is 11.8. The number of hydrogen-bond donors (Lipinski definition) is 2. The number of rotatable bonds is 6. The highest BCUT2D eigenvalue weighted by Crippen LogP contribution is 2.28. The molecular formula is C13H22N2O4. The number of hydrogen-bond acceptors (Lipinski definition) is 3. The van der Waals surface area contributed by atoms with E-state index in [2.05, 4.69) is 5.32 Å². The van der Waals surface area contributed by atoms with Gasteiger partial charge in [-0.1, -0.05) is 0 Å². The summed E-state index contributed by atoms with van der Waals surface area (Å²) in [6, 6.07) is -0.180. The molecule has 1 atom stereocenters. The van der Waals surface area contributed by atoms with E-state index in [0.29, 0.717) is 32.7 Å². The number of carbonyl (C=O) groups excluding carboxylic acids is 1. The summed E-state index contributed by atoms with van der Waals surface area (Å²) >= 11 is 0. The predicted octanol–water partition coefficient (Wildman–Crippen LogP) is 0.919. The van der Waals surface area contributed by atoms with Crippen molar-refractivity contribution in [2.45, 2.75) is 25.7 Å². The first-order valence-corrected chi connectivity index (χ1v) is 7.00. The lowest BCUT2D eigenvalue weighted by molar-refractivity contribution is -0.143. The molecule has 2 aliphatic rings. The van der Waals surface area contributed by atoms with Crippen LogP contribution in [0.15, 0.2) is 0 Å². The maximum Gasteiger partial charge on any atom is 0.317 e. The summed E-state index contributed by atoms with van der Waals surface area (Å²) in [5.41, 5.74) is 0. The van der Waals surface area contributed by atoms with Gasteiger partial charge in [0.2, 0.25) is 0 Å². The number of nitrogens with one attached hydrogen (secondary N) is 1. The molecule has 6 heteroatoms. The van der Waals surface area contributed by atoms with Crippen LogP contribution in [0.5, 0.6) is 0 Å². The van der Waals surface area contributed by atoms with Crippen molar-refractivity contribution < 1.29 is 19.4 Å². The molecule has 108 valence electrons. The third-order valence-electron chi connectivity index (χ3n) is 3.63. The second-order valence-corrected chi connectivity index (χ2v) is 5.37. The van der Waals surface area contributed by atoms with E-state index >= 15 is 0 Å². The molecule has 0 aromatic rings. The van der Waals surface area contributed by atoms with Gasteiger partial charge >= 0.3 is 12.0 Å². The number of amides is 2. The second-order valence-electron chi connectivity index (χ2n) is 5.37. The van der Waals surface area contributed by atoms with E-state index in [1.807, 2.05) is 0 Å². The molecule has 1 saturated heterocycles. The Morgan fingerprint density at radius 3 is 2.79 bits per heavy atom. The van der Waals surface area contributed by atoms with Gasteiger partial charge in [0.1, 0.15) is 0 Å². The number of carboxylic acid groups (broad SMARTS) is 1. The van der Waals surface area contributed by atoms with E-state index in [-0.39, 0.29) is 6.03 Å². The van der Waals surface area contributed by atoms with Crippen molar-refractivity contribution in [3.8, 4) is 0 Å². The smallest absolute Gasteiger partial charge is 0.317 e. The minimum Gasteiger partial charge on any atom is -0.481 e. The standard InChI is InChI=1S/C13H22N2O4/c16-12(17)11-2-1-6-15(8-11)13(18)14-5-7-19-9-10-3-4-10/h10-11H,1-9H2,(H,14,18)(H,16,17)/t11-/m0/s1. The average molecular weight is 270 g/mol. The number of urea groups is 1. The fourth-order valence-electron chi connectivity index (χ4n) is 2.24. The molecule has 2 amide bonds. The van der Waals surface area contributed by atoms with Gasteiger partial charge in [-0.05, 0) is 31.6 Å². The van der Waals surface area contributed by atoms with Crippen molar-refractivity contribution in [2.75, 3.05) is 32.8 Å². The Morgan fingerprint density at radius 1 is 1.32 bits per heavy atom. The van der Waals surface area contributed by atoms with E-state index in [1.54, 1.807) is 4.90 Å². The molecule has 1 heterocycles. The molecule has 0 unspecified atom stereocenters. The monoisotopic (exact) mass is 270 g/mol. The molecule has 2 rings (SSSR count). The van der Waals surface area contributed by atoms with Gasteiger partial charge in [-0.15, -0.1) is 0 Å². The Balaban J connectivity index is 1.59. The van der Waals surface area contributed by atoms with Crippen LogP contribution in [0.1, 0.15) is 25.7 Å². The lowest BCUT2D eigenvalue weighted by Crippen LogP contribution is -2.47. The van der Waals surface area contributed by atoms with Crippen molar-refractivity contribution in [1.82, 2.24) is 10.2 Å². The number of piperidine rings is 1. The van der Waals surface area contributed by atoms with Crippen LogP contribution in [0.4, 0.5) is 4.79 Å². The first kappa shape index (κ1) is 14.1. The van der Waals surface area contributed by atoms with Crippen molar-refractivity contribution in [1.29, 1.82) is 0 Å². The third kappa shape index (κ3) is 4.70. The van der Waals surface area contributed by atoms with Gasteiger partial charge < -0.3 is 20.1 Å². The molecule has 1 saturated carbocycles. The summed E-state index contributed by atoms with van der Waals surface area (Å²) < 4.78 is 5.43. The SMILES string of the molecule is O=C(O)[C@H]1CCCN(C(=O)NCCOCC2CC2)C1. The van der Waals surface area contributed by atoms with Gasteiger partial charge in [0, 0.05) is 26.2 Å². The minimum absolute atomic E-state index is 0.180. The summed E-state index contributed by atoms with van der Waals surface area (Å²) in [7, 11) is 0. The fraction of sp³-hybridized carbons (Fsp3) is 0.846. The van der Waals surface area contributed by atoms with Crippen LogP contribution in [0.25, 0.3) is 0 Å². The molecule has 0 aromatic heterocycles. The Labute approximate surface area is 113 Å². The summed E-state index contributed by atoms with van der Waals surface area (Å²) in [5, 5.41) is 11.7. The molecule has 0 radical (unpaired) electrons. The van der Waals surface area contributed by atoms with Crippen molar-refractivity contribution in [3.05, 3.63) is 0 Å². The number of likely N-dealkylation sites (tertiary alicyclic amines) is 1. The van der Waals surface area contributed by atoms with E-state index in [9.17, 15) is 9.59 Å². The average Bonchev–Trinajstić information content (AvgIpc) is 3.22. The molecule has 0 spiro atoms. The Morgan fingerprint density at radius 2 is 2.11 bits per heavy atom. The van der Waals surface area contributed by atoms with Gasteiger partial charge in [-0.3, -0.25) is 4.79 Å². The van der Waals surface area contributed by atoms with Crippen LogP contribution in [0.3, 0.4) is 0 Å².